The summed E-state index contributed by atoms with van der Waals surface area (Å²) in [6, 6.07) is 0.869. The van der Waals surface area contributed by atoms with Crippen molar-refractivity contribution in [3.8, 4) is 0 Å². The lowest BCUT2D eigenvalue weighted by atomic mass is 9.93. The summed E-state index contributed by atoms with van der Waals surface area (Å²) in [6.45, 7) is 3.94. The number of likely N-dealkylation sites (tertiary alicyclic amines) is 2. The number of piperidine rings is 1. The number of rotatable bonds is 0. The van der Waals surface area contributed by atoms with Crippen LogP contribution in [0, 0.1) is 5.92 Å². The van der Waals surface area contributed by atoms with E-state index in [-0.39, 0.29) is 0 Å². The van der Waals surface area contributed by atoms with Crippen LogP contribution in [0.1, 0.15) is 12.8 Å². The summed E-state index contributed by atoms with van der Waals surface area (Å²) >= 11 is 0. The van der Waals surface area contributed by atoms with E-state index in [4.69, 9.17) is 0 Å². The third-order valence-corrected chi connectivity index (χ3v) is 3.24. The van der Waals surface area contributed by atoms with E-state index in [9.17, 15) is 0 Å². The van der Waals surface area contributed by atoms with Crippen molar-refractivity contribution in [2.24, 2.45) is 5.92 Å². The van der Waals surface area contributed by atoms with Crippen LogP contribution in [-0.4, -0.2) is 49.6 Å². The SMILES string of the molecule is CN1CC2CCCN(C)[C@H]2C1. The second-order valence-corrected chi connectivity index (χ2v) is 4.17. The van der Waals surface area contributed by atoms with Gasteiger partial charge in [0.1, 0.15) is 0 Å². The van der Waals surface area contributed by atoms with Gasteiger partial charge in [-0.25, -0.2) is 0 Å². The molecule has 2 heteroatoms. The minimum atomic E-state index is 0.869. The molecule has 0 spiro atoms. The first kappa shape index (κ1) is 7.56. The van der Waals surface area contributed by atoms with Gasteiger partial charge in [0.2, 0.25) is 0 Å². The summed E-state index contributed by atoms with van der Waals surface area (Å²) in [4.78, 5) is 5.01. The summed E-state index contributed by atoms with van der Waals surface area (Å²) < 4.78 is 0. The van der Waals surface area contributed by atoms with E-state index in [1.807, 2.05) is 0 Å². The maximum Gasteiger partial charge on any atom is 0.0260 e. The van der Waals surface area contributed by atoms with Crippen molar-refractivity contribution >= 4 is 0 Å². The van der Waals surface area contributed by atoms with Gasteiger partial charge in [-0.2, -0.15) is 0 Å². The molecule has 2 atom stereocenters. The lowest BCUT2D eigenvalue weighted by molar-refractivity contribution is 0.157. The predicted octanol–water partition coefficient (Wildman–Crippen LogP) is 0.642. The van der Waals surface area contributed by atoms with Crippen LogP contribution in [0.4, 0.5) is 0 Å². The molecular formula is C9H18N2. The van der Waals surface area contributed by atoms with Gasteiger partial charge in [-0.05, 0) is 39.4 Å². The molecule has 0 aliphatic carbocycles. The highest BCUT2D eigenvalue weighted by atomic mass is 15.2. The van der Waals surface area contributed by atoms with Crippen LogP contribution in [0.3, 0.4) is 0 Å². The molecule has 2 fully saturated rings. The van der Waals surface area contributed by atoms with Crippen LogP contribution in [0.5, 0.6) is 0 Å². The molecule has 2 nitrogen and oxygen atoms in total. The van der Waals surface area contributed by atoms with Crippen molar-refractivity contribution < 1.29 is 0 Å². The van der Waals surface area contributed by atoms with Crippen molar-refractivity contribution in [3.05, 3.63) is 0 Å². The molecule has 0 bridgehead atoms. The number of likely N-dealkylation sites (N-methyl/N-ethyl adjacent to an activating group) is 2. The maximum absolute atomic E-state index is 2.54. The van der Waals surface area contributed by atoms with Gasteiger partial charge in [-0.3, -0.25) is 0 Å². The van der Waals surface area contributed by atoms with Gasteiger partial charge < -0.3 is 9.80 Å². The Kier molecular flexibility index (Phi) is 1.90. The smallest absolute Gasteiger partial charge is 0.0260 e. The Morgan fingerprint density at radius 3 is 2.73 bits per heavy atom. The Labute approximate surface area is 69.2 Å². The number of hydrogen-bond acceptors (Lipinski definition) is 2. The third-order valence-electron chi connectivity index (χ3n) is 3.24. The molecule has 2 rings (SSSR count). The van der Waals surface area contributed by atoms with Gasteiger partial charge in [0.15, 0.2) is 0 Å². The monoisotopic (exact) mass is 154 g/mol. The topological polar surface area (TPSA) is 6.48 Å². The van der Waals surface area contributed by atoms with Gasteiger partial charge in [-0.15, -0.1) is 0 Å². The molecule has 11 heavy (non-hydrogen) atoms. The van der Waals surface area contributed by atoms with Crippen molar-refractivity contribution in [1.29, 1.82) is 0 Å². The highest BCUT2D eigenvalue weighted by molar-refractivity contribution is 4.91. The molecular weight excluding hydrogens is 136 g/mol. The largest absolute Gasteiger partial charge is 0.304 e. The van der Waals surface area contributed by atoms with Gasteiger partial charge in [0.05, 0.1) is 0 Å². The zero-order chi connectivity index (χ0) is 7.84. The molecule has 0 amide bonds. The van der Waals surface area contributed by atoms with E-state index in [1.165, 1.54) is 32.5 Å². The molecule has 1 unspecified atom stereocenters. The van der Waals surface area contributed by atoms with E-state index in [2.05, 4.69) is 23.9 Å². The molecule has 0 aromatic rings. The minimum Gasteiger partial charge on any atom is -0.304 e. The van der Waals surface area contributed by atoms with Crippen LogP contribution < -0.4 is 0 Å². The molecule has 64 valence electrons. The van der Waals surface area contributed by atoms with Crippen LogP contribution in [-0.2, 0) is 0 Å². The molecule has 0 saturated carbocycles. The fourth-order valence-electron chi connectivity index (χ4n) is 2.62. The fraction of sp³-hybridized carbons (Fsp3) is 1.00. The average molecular weight is 154 g/mol. The number of fused-ring (bicyclic) bond motifs is 1. The summed E-state index contributed by atoms with van der Waals surface area (Å²) in [5.74, 6) is 0.971. The van der Waals surface area contributed by atoms with Crippen LogP contribution in [0.15, 0.2) is 0 Å². The first-order chi connectivity index (χ1) is 5.27. The second kappa shape index (κ2) is 2.76. The number of hydrogen-bond donors (Lipinski definition) is 0. The zero-order valence-corrected chi connectivity index (χ0v) is 7.58. The van der Waals surface area contributed by atoms with E-state index in [0.717, 1.165) is 12.0 Å². The lowest BCUT2D eigenvalue weighted by Crippen LogP contribution is -2.42. The van der Waals surface area contributed by atoms with Crippen molar-refractivity contribution in [2.45, 2.75) is 18.9 Å². The molecule has 0 aromatic heterocycles. The summed E-state index contributed by atoms with van der Waals surface area (Å²) in [6.07, 6.45) is 2.87. The Bertz CT molecular complexity index is 146. The van der Waals surface area contributed by atoms with Crippen LogP contribution in [0.2, 0.25) is 0 Å². The molecule has 2 aliphatic heterocycles. The summed E-state index contributed by atoms with van der Waals surface area (Å²) in [5.41, 5.74) is 0. The quantitative estimate of drug-likeness (QED) is 0.505. The number of nitrogens with zero attached hydrogens (tertiary/aromatic N) is 2. The standard InChI is InChI=1S/C9H18N2/c1-10-6-8-4-3-5-11(2)9(8)7-10/h8-9H,3-7H2,1-2H3/t8?,9-/m0/s1. The molecule has 0 aromatic carbocycles. The van der Waals surface area contributed by atoms with Crippen LogP contribution in [0.25, 0.3) is 0 Å². The van der Waals surface area contributed by atoms with Gasteiger partial charge in [0.25, 0.3) is 0 Å². The van der Waals surface area contributed by atoms with Crippen LogP contribution >= 0.6 is 0 Å². The van der Waals surface area contributed by atoms with Gasteiger partial charge in [0, 0.05) is 19.1 Å². The molecule has 2 aliphatic rings. The summed E-state index contributed by atoms with van der Waals surface area (Å²) in [7, 11) is 4.52. The molecule has 2 heterocycles. The third kappa shape index (κ3) is 1.30. The van der Waals surface area contributed by atoms with Crippen molar-refractivity contribution in [3.63, 3.8) is 0 Å². The Morgan fingerprint density at radius 1 is 1.18 bits per heavy atom. The predicted molar refractivity (Wildman–Crippen MR) is 46.6 cm³/mol. The molecule has 0 N–H and O–H groups in total. The molecule has 2 saturated heterocycles. The summed E-state index contributed by atoms with van der Waals surface area (Å²) in [5, 5.41) is 0. The van der Waals surface area contributed by atoms with E-state index in [1.54, 1.807) is 0 Å². The van der Waals surface area contributed by atoms with Crippen molar-refractivity contribution in [1.82, 2.24) is 9.80 Å². The van der Waals surface area contributed by atoms with E-state index >= 15 is 0 Å². The molecule has 0 radical (unpaired) electrons. The first-order valence-corrected chi connectivity index (χ1v) is 4.66. The second-order valence-electron chi connectivity index (χ2n) is 4.17. The minimum absolute atomic E-state index is 0.869. The van der Waals surface area contributed by atoms with Gasteiger partial charge in [-0.1, -0.05) is 0 Å². The highest BCUT2D eigenvalue weighted by Crippen LogP contribution is 2.28. The van der Waals surface area contributed by atoms with Gasteiger partial charge >= 0.3 is 0 Å². The van der Waals surface area contributed by atoms with E-state index in [0.29, 0.717) is 0 Å². The average Bonchev–Trinajstić information content (AvgIpc) is 2.31. The Hall–Kier alpha value is -0.0800. The zero-order valence-electron chi connectivity index (χ0n) is 7.58. The normalized spacial score (nSPS) is 40.9. The highest BCUT2D eigenvalue weighted by Gasteiger charge is 2.35. The van der Waals surface area contributed by atoms with E-state index < -0.39 is 0 Å². The van der Waals surface area contributed by atoms with Crippen molar-refractivity contribution in [2.75, 3.05) is 33.7 Å². The first-order valence-electron chi connectivity index (χ1n) is 4.66. The lowest BCUT2D eigenvalue weighted by Gasteiger charge is -2.33. The maximum atomic E-state index is 2.54. The Morgan fingerprint density at radius 2 is 2.00 bits per heavy atom. The fourth-order valence-corrected chi connectivity index (χ4v) is 2.62. The Balaban J connectivity index is 2.03.